The van der Waals surface area contributed by atoms with E-state index in [4.69, 9.17) is 4.74 Å². The second-order valence-corrected chi connectivity index (χ2v) is 5.50. The highest BCUT2D eigenvalue weighted by atomic mass is 79.9. The van der Waals surface area contributed by atoms with Gasteiger partial charge in [0.1, 0.15) is 0 Å². The van der Waals surface area contributed by atoms with Gasteiger partial charge in [0.25, 0.3) is 0 Å². The van der Waals surface area contributed by atoms with E-state index in [2.05, 4.69) is 45.1 Å². The summed E-state index contributed by atoms with van der Waals surface area (Å²) < 4.78 is 6.83. The van der Waals surface area contributed by atoms with Crippen molar-refractivity contribution in [3.8, 4) is 0 Å². The molecule has 3 heteroatoms. The van der Waals surface area contributed by atoms with Crippen LogP contribution in [0.3, 0.4) is 0 Å². The summed E-state index contributed by atoms with van der Waals surface area (Å²) in [6.07, 6.45) is 4.11. The Bertz CT molecular complexity index is 319. The van der Waals surface area contributed by atoms with Gasteiger partial charge in [-0.25, -0.2) is 0 Å². The number of hydrogen-bond acceptors (Lipinski definition) is 2. The van der Waals surface area contributed by atoms with Gasteiger partial charge in [-0.2, -0.15) is 0 Å². The summed E-state index contributed by atoms with van der Waals surface area (Å²) in [6, 6.07) is 8.32. The van der Waals surface area contributed by atoms with Crippen LogP contribution in [0.1, 0.15) is 24.8 Å². The standard InChI is InChI=1S/C14H20BrNO/c15-14-6-4-13(5-7-14)12-17-11-10-16-8-2-1-3-9-16/h4-7H,1-3,8-12H2. The van der Waals surface area contributed by atoms with E-state index < -0.39 is 0 Å². The number of nitrogens with zero attached hydrogens (tertiary/aromatic N) is 1. The number of ether oxygens (including phenoxy) is 1. The van der Waals surface area contributed by atoms with Gasteiger partial charge in [0.05, 0.1) is 13.2 Å². The summed E-state index contributed by atoms with van der Waals surface area (Å²) in [7, 11) is 0. The quantitative estimate of drug-likeness (QED) is 0.772. The zero-order valence-electron chi connectivity index (χ0n) is 10.2. The molecular weight excluding hydrogens is 278 g/mol. The number of rotatable bonds is 5. The van der Waals surface area contributed by atoms with Gasteiger partial charge in [0.15, 0.2) is 0 Å². The van der Waals surface area contributed by atoms with Crippen LogP contribution in [0.25, 0.3) is 0 Å². The number of piperidine rings is 1. The van der Waals surface area contributed by atoms with Crippen LogP contribution in [-0.4, -0.2) is 31.1 Å². The third kappa shape index (κ3) is 4.78. The first kappa shape index (κ1) is 13.1. The van der Waals surface area contributed by atoms with Gasteiger partial charge in [0.2, 0.25) is 0 Å². The van der Waals surface area contributed by atoms with E-state index in [1.54, 1.807) is 0 Å². The van der Waals surface area contributed by atoms with E-state index >= 15 is 0 Å². The summed E-state index contributed by atoms with van der Waals surface area (Å²) >= 11 is 3.43. The molecule has 1 aromatic rings. The van der Waals surface area contributed by atoms with Gasteiger partial charge in [-0.3, -0.25) is 0 Å². The monoisotopic (exact) mass is 297 g/mol. The molecule has 1 fully saturated rings. The molecule has 0 aromatic heterocycles. The molecule has 0 saturated carbocycles. The molecule has 0 atom stereocenters. The first-order valence-electron chi connectivity index (χ1n) is 6.39. The lowest BCUT2D eigenvalue weighted by molar-refractivity contribution is 0.0863. The van der Waals surface area contributed by atoms with Crippen molar-refractivity contribution in [2.45, 2.75) is 25.9 Å². The molecule has 2 nitrogen and oxygen atoms in total. The summed E-state index contributed by atoms with van der Waals surface area (Å²) in [5.41, 5.74) is 1.24. The Kier molecular flexibility index (Phi) is 5.49. The van der Waals surface area contributed by atoms with Gasteiger partial charge in [0, 0.05) is 11.0 Å². The Morgan fingerprint density at radius 3 is 2.47 bits per heavy atom. The van der Waals surface area contributed by atoms with Crippen molar-refractivity contribution in [2.75, 3.05) is 26.2 Å². The summed E-state index contributed by atoms with van der Waals surface area (Å²) in [4.78, 5) is 2.51. The fourth-order valence-corrected chi connectivity index (χ4v) is 2.41. The third-order valence-corrected chi connectivity index (χ3v) is 3.71. The van der Waals surface area contributed by atoms with Crippen LogP contribution in [0.2, 0.25) is 0 Å². The van der Waals surface area contributed by atoms with Crippen LogP contribution in [-0.2, 0) is 11.3 Å². The molecule has 1 aliphatic heterocycles. The van der Waals surface area contributed by atoms with Crippen molar-refractivity contribution >= 4 is 15.9 Å². The zero-order chi connectivity index (χ0) is 11.9. The first-order chi connectivity index (χ1) is 8.34. The van der Waals surface area contributed by atoms with E-state index in [0.29, 0.717) is 0 Å². The molecule has 0 bridgehead atoms. The Morgan fingerprint density at radius 2 is 1.76 bits per heavy atom. The minimum Gasteiger partial charge on any atom is -0.375 e. The third-order valence-electron chi connectivity index (χ3n) is 3.18. The van der Waals surface area contributed by atoms with Crippen LogP contribution in [0.5, 0.6) is 0 Å². The molecular formula is C14H20BrNO. The molecule has 0 unspecified atom stereocenters. The Hall–Kier alpha value is -0.380. The lowest BCUT2D eigenvalue weighted by Crippen LogP contribution is -2.32. The highest BCUT2D eigenvalue weighted by molar-refractivity contribution is 9.10. The van der Waals surface area contributed by atoms with Crippen LogP contribution >= 0.6 is 15.9 Å². The lowest BCUT2D eigenvalue weighted by Gasteiger charge is -2.26. The first-order valence-corrected chi connectivity index (χ1v) is 7.18. The maximum absolute atomic E-state index is 5.71. The Morgan fingerprint density at radius 1 is 1.06 bits per heavy atom. The van der Waals surface area contributed by atoms with Crippen LogP contribution in [0, 0.1) is 0 Å². The number of halogens is 1. The van der Waals surface area contributed by atoms with Crippen molar-refractivity contribution in [2.24, 2.45) is 0 Å². The van der Waals surface area contributed by atoms with Gasteiger partial charge >= 0.3 is 0 Å². The topological polar surface area (TPSA) is 12.5 Å². The number of likely N-dealkylation sites (tertiary alicyclic amines) is 1. The molecule has 0 N–H and O–H groups in total. The van der Waals surface area contributed by atoms with Gasteiger partial charge in [-0.15, -0.1) is 0 Å². The Balaban J connectivity index is 1.60. The molecule has 94 valence electrons. The molecule has 17 heavy (non-hydrogen) atoms. The van der Waals surface area contributed by atoms with Crippen molar-refractivity contribution in [3.05, 3.63) is 34.3 Å². The predicted octanol–water partition coefficient (Wildman–Crippen LogP) is 3.45. The molecule has 0 spiro atoms. The Labute approximate surface area is 112 Å². The molecule has 1 aliphatic rings. The van der Waals surface area contributed by atoms with E-state index in [1.807, 2.05) is 0 Å². The van der Waals surface area contributed by atoms with Crippen LogP contribution < -0.4 is 0 Å². The fourth-order valence-electron chi connectivity index (χ4n) is 2.15. The van der Waals surface area contributed by atoms with E-state index in [1.165, 1.54) is 37.9 Å². The van der Waals surface area contributed by atoms with E-state index in [-0.39, 0.29) is 0 Å². The molecule has 0 amide bonds. The van der Waals surface area contributed by atoms with Crippen molar-refractivity contribution in [1.82, 2.24) is 4.90 Å². The summed E-state index contributed by atoms with van der Waals surface area (Å²) in [6.45, 7) is 5.15. The highest BCUT2D eigenvalue weighted by Gasteiger charge is 2.08. The molecule has 1 saturated heterocycles. The molecule has 1 aromatic carbocycles. The molecule has 0 aliphatic carbocycles. The lowest BCUT2D eigenvalue weighted by atomic mass is 10.1. The van der Waals surface area contributed by atoms with Crippen molar-refractivity contribution < 1.29 is 4.74 Å². The maximum Gasteiger partial charge on any atom is 0.0717 e. The van der Waals surface area contributed by atoms with Gasteiger partial charge < -0.3 is 9.64 Å². The molecule has 1 heterocycles. The van der Waals surface area contributed by atoms with E-state index in [0.717, 1.165) is 24.2 Å². The summed E-state index contributed by atoms with van der Waals surface area (Å²) in [5.74, 6) is 0. The minimum absolute atomic E-state index is 0.723. The fraction of sp³-hybridized carbons (Fsp3) is 0.571. The summed E-state index contributed by atoms with van der Waals surface area (Å²) in [5, 5.41) is 0. The van der Waals surface area contributed by atoms with Crippen LogP contribution in [0.4, 0.5) is 0 Å². The highest BCUT2D eigenvalue weighted by Crippen LogP contribution is 2.11. The largest absolute Gasteiger partial charge is 0.375 e. The number of benzene rings is 1. The second-order valence-electron chi connectivity index (χ2n) is 4.58. The zero-order valence-corrected chi connectivity index (χ0v) is 11.8. The molecule has 0 radical (unpaired) electrons. The SMILES string of the molecule is Brc1ccc(COCCN2CCCCC2)cc1. The smallest absolute Gasteiger partial charge is 0.0717 e. The number of hydrogen-bond donors (Lipinski definition) is 0. The van der Waals surface area contributed by atoms with Gasteiger partial charge in [-0.1, -0.05) is 34.5 Å². The van der Waals surface area contributed by atoms with E-state index in [9.17, 15) is 0 Å². The predicted molar refractivity (Wildman–Crippen MR) is 74.1 cm³/mol. The van der Waals surface area contributed by atoms with Crippen LogP contribution in [0.15, 0.2) is 28.7 Å². The molecule has 2 rings (SSSR count). The normalized spacial score (nSPS) is 17.2. The van der Waals surface area contributed by atoms with Gasteiger partial charge in [-0.05, 0) is 43.6 Å². The average molecular weight is 298 g/mol. The van der Waals surface area contributed by atoms with Crippen molar-refractivity contribution in [3.63, 3.8) is 0 Å². The van der Waals surface area contributed by atoms with Crippen molar-refractivity contribution in [1.29, 1.82) is 0 Å². The average Bonchev–Trinajstić information content (AvgIpc) is 2.38. The maximum atomic E-state index is 5.71. The second kappa shape index (κ2) is 7.14. The minimum atomic E-state index is 0.723.